The molecule has 0 aliphatic rings. The summed E-state index contributed by atoms with van der Waals surface area (Å²) in [7, 11) is 1.66. The Bertz CT molecular complexity index is 481. The first-order valence-electron chi connectivity index (χ1n) is 5.45. The van der Waals surface area contributed by atoms with Crippen molar-refractivity contribution in [2.45, 2.75) is 19.4 Å². The Labute approximate surface area is 100 Å². The molecule has 5 nitrogen and oxygen atoms in total. The summed E-state index contributed by atoms with van der Waals surface area (Å²) in [5.41, 5.74) is 8.32. The molecule has 2 aromatic rings. The summed E-state index contributed by atoms with van der Waals surface area (Å²) in [6, 6.07) is 5.85. The third kappa shape index (κ3) is 2.62. The zero-order chi connectivity index (χ0) is 12.3. The van der Waals surface area contributed by atoms with Crippen LogP contribution in [0.3, 0.4) is 0 Å². The van der Waals surface area contributed by atoms with Gasteiger partial charge in [-0.25, -0.2) is 4.98 Å². The van der Waals surface area contributed by atoms with Gasteiger partial charge in [-0.15, -0.1) is 0 Å². The minimum absolute atomic E-state index is 0.201. The number of hydrogen-bond donors (Lipinski definition) is 2. The van der Waals surface area contributed by atoms with Crippen LogP contribution >= 0.6 is 0 Å². The van der Waals surface area contributed by atoms with E-state index in [1.54, 1.807) is 7.11 Å². The van der Waals surface area contributed by atoms with E-state index in [2.05, 4.69) is 21.2 Å². The molecule has 1 heterocycles. The Hall–Kier alpha value is -1.88. The fourth-order valence-corrected chi connectivity index (χ4v) is 1.79. The number of hydrogen-bond acceptors (Lipinski definition) is 4. The normalized spacial score (nSPS) is 12.4. The van der Waals surface area contributed by atoms with Gasteiger partial charge in [0.25, 0.3) is 0 Å². The van der Waals surface area contributed by atoms with E-state index < -0.39 is 0 Å². The highest BCUT2D eigenvalue weighted by atomic mass is 16.5. The highest BCUT2D eigenvalue weighted by Gasteiger charge is 2.13. The van der Waals surface area contributed by atoms with Crippen molar-refractivity contribution in [3.05, 3.63) is 41.5 Å². The number of nitrogens with two attached hydrogens (primary N) is 1. The summed E-state index contributed by atoms with van der Waals surface area (Å²) in [6.07, 6.45) is 2.13. The van der Waals surface area contributed by atoms with Crippen LogP contribution in [0, 0.1) is 6.92 Å². The summed E-state index contributed by atoms with van der Waals surface area (Å²) < 4.78 is 5.32. The van der Waals surface area contributed by atoms with Crippen LogP contribution in [-0.4, -0.2) is 22.3 Å². The maximum Gasteiger partial charge on any atom is 0.141 e. The number of ether oxygens (including phenoxy) is 1. The average molecular weight is 232 g/mol. The van der Waals surface area contributed by atoms with Gasteiger partial charge in [-0.2, -0.15) is 5.10 Å². The fraction of sp³-hybridized carbons (Fsp3) is 0.333. The molecule has 0 spiro atoms. The van der Waals surface area contributed by atoms with Gasteiger partial charge in [-0.3, -0.25) is 5.10 Å². The molecule has 0 radical (unpaired) electrons. The highest BCUT2D eigenvalue weighted by Crippen LogP contribution is 2.23. The molecule has 0 bridgehead atoms. The van der Waals surface area contributed by atoms with E-state index in [4.69, 9.17) is 10.5 Å². The van der Waals surface area contributed by atoms with Gasteiger partial charge in [0, 0.05) is 0 Å². The van der Waals surface area contributed by atoms with Crippen LogP contribution in [0.2, 0.25) is 0 Å². The minimum atomic E-state index is -0.201. The van der Waals surface area contributed by atoms with Crippen molar-refractivity contribution in [3.8, 4) is 5.75 Å². The van der Waals surface area contributed by atoms with Crippen molar-refractivity contribution in [1.29, 1.82) is 0 Å². The maximum atomic E-state index is 6.06. The van der Waals surface area contributed by atoms with Gasteiger partial charge in [-0.05, 0) is 25.0 Å². The molecule has 0 aliphatic heterocycles. The highest BCUT2D eigenvalue weighted by molar-refractivity contribution is 5.37. The first-order valence-corrected chi connectivity index (χ1v) is 5.45. The minimum Gasteiger partial charge on any atom is -0.496 e. The molecule has 1 unspecified atom stereocenters. The summed E-state index contributed by atoms with van der Waals surface area (Å²) in [5, 5.41) is 6.58. The van der Waals surface area contributed by atoms with Crippen molar-refractivity contribution >= 4 is 0 Å². The molecule has 0 fully saturated rings. The largest absolute Gasteiger partial charge is 0.496 e. The number of aromatic nitrogens is 3. The van der Waals surface area contributed by atoms with Crippen LogP contribution in [0.15, 0.2) is 24.5 Å². The van der Waals surface area contributed by atoms with Crippen LogP contribution in [0.25, 0.3) is 0 Å². The van der Waals surface area contributed by atoms with Crippen molar-refractivity contribution in [3.63, 3.8) is 0 Å². The van der Waals surface area contributed by atoms with E-state index in [1.165, 1.54) is 11.9 Å². The molecule has 0 saturated heterocycles. The summed E-state index contributed by atoms with van der Waals surface area (Å²) in [6.45, 7) is 2.04. The lowest BCUT2D eigenvalue weighted by Crippen LogP contribution is -2.15. The molecule has 0 saturated carbocycles. The third-order valence-electron chi connectivity index (χ3n) is 2.66. The maximum absolute atomic E-state index is 6.06. The van der Waals surface area contributed by atoms with E-state index in [-0.39, 0.29) is 6.04 Å². The standard InChI is InChI=1S/C12H16N4O/c1-8-3-4-11(17-2)9(5-8)6-10(13)12-14-7-15-16-12/h3-5,7,10H,6,13H2,1-2H3,(H,14,15,16). The molecule has 0 aliphatic carbocycles. The number of aryl methyl sites for hydroxylation is 1. The summed E-state index contributed by atoms with van der Waals surface area (Å²) >= 11 is 0. The summed E-state index contributed by atoms with van der Waals surface area (Å²) in [5.74, 6) is 1.54. The average Bonchev–Trinajstić information content (AvgIpc) is 2.83. The Morgan fingerprint density at radius 1 is 1.47 bits per heavy atom. The second-order valence-electron chi connectivity index (χ2n) is 4.00. The smallest absolute Gasteiger partial charge is 0.141 e. The van der Waals surface area contributed by atoms with Crippen molar-refractivity contribution in [2.75, 3.05) is 7.11 Å². The lowest BCUT2D eigenvalue weighted by atomic mass is 10.0. The van der Waals surface area contributed by atoms with E-state index in [0.29, 0.717) is 12.2 Å². The Balaban J connectivity index is 2.20. The molecule has 3 N–H and O–H groups in total. The van der Waals surface area contributed by atoms with Gasteiger partial charge >= 0.3 is 0 Å². The van der Waals surface area contributed by atoms with Gasteiger partial charge in [0.2, 0.25) is 0 Å². The molecular weight excluding hydrogens is 216 g/mol. The van der Waals surface area contributed by atoms with Crippen molar-refractivity contribution < 1.29 is 4.74 Å². The molecule has 0 amide bonds. The van der Waals surface area contributed by atoms with Crippen LogP contribution in [0.1, 0.15) is 23.0 Å². The number of methoxy groups -OCH3 is 1. The lowest BCUT2D eigenvalue weighted by Gasteiger charge is -2.12. The molecule has 2 rings (SSSR count). The van der Waals surface area contributed by atoms with E-state index in [9.17, 15) is 0 Å². The molecule has 1 aromatic heterocycles. The van der Waals surface area contributed by atoms with Crippen LogP contribution in [0.4, 0.5) is 0 Å². The molecule has 17 heavy (non-hydrogen) atoms. The first-order chi connectivity index (χ1) is 8.20. The van der Waals surface area contributed by atoms with Crippen LogP contribution in [-0.2, 0) is 6.42 Å². The number of rotatable bonds is 4. The van der Waals surface area contributed by atoms with Crippen molar-refractivity contribution in [1.82, 2.24) is 15.2 Å². The number of benzene rings is 1. The second-order valence-corrected chi connectivity index (χ2v) is 4.00. The van der Waals surface area contributed by atoms with Crippen LogP contribution < -0.4 is 10.5 Å². The Kier molecular flexibility index (Phi) is 3.39. The third-order valence-corrected chi connectivity index (χ3v) is 2.66. The predicted octanol–water partition coefficient (Wildman–Crippen LogP) is 1.36. The van der Waals surface area contributed by atoms with Gasteiger partial charge < -0.3 is 10.5 Å². The second kappa shape index (κ2) is 4.97. The quantitative estimate of drug-likeness (QED) is 0.834. The first kappa shape index (κ1) is 11.6. The number of nitrogens with zero attached hydrogens (tertiary/aromatic N) is 2. The molecule has 5 heteroatoms. The molecule has 90 valence electrons. The Morgan fingerprint density at radius 3 is 2.94 bits per heavy atom. The van der Waals surface area contributed by atoms with Crippen LogP contribution in [0.5, 0.6) is 5.75 Å². The molecule has 1 atom stereocenters. The number of aromatic amines is 1. The Morgan fingerprint density at radius 2 is 2.29 bits per heavy atom. The molecule has 1 aromatic carbocycles. The summed E-state index contributed by atoms with van der Waals surface area (Å²) in [4.78, 5) is 4.06. The van der Waals surface area contributed by atoms with Gasteiger partial charge in [0.15, 0.2) is 0 Å². The fourth-order valence-electron chi connectivity index (χ4n) is 1.79. The monoisotopic (exact) mass is 232 g/mol. The van der Waals surface area contributed by atoms with Gasteiger partial charge in [0.1, 0.15) is 17.9 Å². The number of H-pyrrole nitrogens is 1. The van der Waals surface area contributed by atoms with E-state index in [0.717, 1.165) is 11.3 Å². The van der Waals surface area contributed by atoms with Gasteiger partial charge in [0.05, 0.1) is 13.2 Å². The SMILES string of the molecule is COc1ccc(C)cc1CC(N)c1ncn[nH]1. The number of nitrogens with one attached hydrogen (secondary N) is 1. The topological polar surface area (TPSA) is 76.8 Å². The van der Waals surface area contributed by atoms with E-state index >= 15 is 0 Å². The zero-order valence-corrected chi connectivity index (χ0v) is 9.97. The lowest BCUT2D eigenvalue weighted by molar-refractivity contribution is 0.407. The van der Waals surface area contributed by atoms with Crippen molar-refractivity contribution in [2.24, 2.45) is 5.73 Å². The zero-order valence-electron chi connectivity index (χ0n) is 9.97. The predicted molar refractivity (Wildman–Crippen MR) is 64.7 cm³/mol. The molecular formula is C12H16N4O. The van der Waals surface area contributed by atoms with E-state index in [1.807, 2.05) is 19.1 Å². The van der Waals surface area contributed by atoms with Gasteiger partial charge in [-0.1, -0.05) is 17.7 Å².